The Bertz CT molecular complexity index is 2720. The van der Waals surface area contributed by atoms with Crippen LogP contribution < -0.4 is 9.97 Å². The minimum atomic E-state index is 0. The summed E-state index contributed by atoms with van der Waals surface area (Å²) in [4.78, 5) is 21.0. The van der Waals surface area contributed by atoms with Gasteiger partial charge in [-0.2, -0.15) is 21.0 Å². The van der Waals surface area contributed by atoms with Crippen LogP contribution in [0.5, 0.6) is 0 Å². The predicted octanol–water partition coefficient (Wildman–Crippen LogP) is 10.1. The maximum atomic E-state index is 9.57. The van der Waals surface area contributed by atoms with Crippen molar-refractivity contribution >= 4 is 46.4 Å². The normalized spacial score (nSPS) is 11.2. The molecule has 0 amide bonds. The van der Waals surface area contributed by atoms with Gasteiger partial charge in [-0.1, -0.05) is 72.8 Å². The molecule has 8 bridgehead atoms. The fourth-order valence-corrected chi connectivity index (χ4v) is 7.12. The molecule has 57 heavy (non-hydrogen) atoms. The topological polar surface area (TPSA) is 149 Å². The van der Waals surface area contributed by atoms with Crippen molar-refractivity contribution in [2.24, 2.45) is 0 Å². The van der Waals surface area contributed by atoms with E-state index in [1.54, 1.807) is 48.5 Å². The van der Waals surface area contributed by atoms with Crippen LogP contribution in [-0.4, -0.2) is 9.97 Å². The Morgan fingerprint density at radius 1 is 0.316 bits per heavy atom. The van der Waals surface area contributed by atoms with E-state index >= 15 is 0 Å². The fourth-order valence-electron chi connectivity index (χ4n) is 7.12. The SMILES string of the molecule is N#Cc1ccc(-c2c3nc(c(-c4ccc(C#N)cc4)c4ccc([n-]4)c(-c4ccc(C#N)cc4)c4nc(c(-c5ccc(C#N)cc5)c5ccc2[n-]5)C=C4)C=C3)cc1.[Fe+2]. The Kier molecular flexibility index (Phi) is 9.47. The van der Waals surface area contributed by atoms with Crippen LogP contribution in [-0.2, 0) is 17.1 Å². The van der Waals surface area contributed by atoms with E-state index in [1.165, 1.54) is 0 Å². The summed E-state index contributed by atoms with van der Waals surface area (Å²) >= 11 is 0. The average molecular weight is 769 g/mol. The summed E-state index contributed by atoms with van der Waals surface area (Å²) < 4.78 is 0. The van der Waals surface area contributed by atoms with Gasteiger partial charge in [-0.15, -0.1) is 22.1 Å². The number of nitrogens with zero attached hydrogens (tertiary/aromatic N) is 8. The van der Waals surface area contributed by atoms with E-state index < -0.39 is 0 Å². The zero-order valence-electron chi connectivity index (χ0n) is 29.8. The minimum Gasteiger partial charge on any atom is -0.657 e. The molecule has 4 aromatic carbocycles. The van der Waals surface area contributed by atoms with Gasteiger partial charge in [0.2, 0.25) is 0 Å². The van der Waals surface area contributed by atoms with E-state index in [9.17, 15) is 21.0 Å². The third-order valence-electron chi connectivity index (χ3n) is 9.82. The molecule has 0 fully saturated rings. The number of aromatic nitrogens is 4. The molecule has 9 rings (SSSR count). The van der Waals surface area contributed by atoms with Crippen LogP contribution in [0.4, 0.5) is 0 Å². The average Bonchev–Trinajstić information content (AvgIpc) is 4.10. The van der Waals surface area contributed by atoms with Crippen LogP contribution in [0, 0.1) is 45.3 Å². The van der Waals surface area contributed by atoms with Crippen molar-refractivity contribution in [1.29, 1.82) is 21.0 Å². The van der Waals surface area contributed by atoms with E-state index in [4.69, 9.17) is 19.9 Å². The summed E-state index contributed by atoms with van der Waals surface area (Å²) in [5.74, 6) is 0. The van der Waals surface area contributed by atoms with Gasteiger partial charge in [0.25, 0.3) is 0 Å². The van der Waals surface area contributed by atoms with Crippen molar-refractivity contribution in [3.63, 3.8) is 0 Å². The third-order valence-corrected chi connectivity index (χ3v) is 9.82. The molecule has 0 saturated carbocycles. The molecule has 2 aliphatic heterocycles. The van der Waals surface area contributed by atoms with Crippen LogP contribution in [0.2, 0.25) is 0 Å². The van der Waals surface area contributed by atoms with Crippen LogP contribution in [0.25, 0.3) is 90.9 Å². The van der Waals surface area contributed by atoms with Crippen molar-refractivity contribution < 1.29 is 17.1 Å². The Morgan fingerprint density at radius 2 is 0.526 bits per heavy atom. The molecule has 0 atom stereocenters. The smallest absolute Gasteiger partial charge is 0.657 e. The molecule has 0 aliphatic carbocycles. The number of rotatable bonds is 4. The second kappa shape index (κ2) is 15.0. The van der Waals surface area contributed by atoms with Crippen molar-refractivity contribution in [2.45, 2.75) is 0 Å². The minimum absolute atomic E-state index is 0. The van der Waals surface area contributed by atoms with E-state index in [2.05, 4.69) is 24.3 Å². The number of hydrogen-bond acceptors (Lipinski definition) is 6. The van der Waals surface area contributed by atoms with Crippen molar-refractivity contribution in [1.82, 2.24) is 19.9 Å². The maximum Gasteiger partial charge on any atom is 2.00 e. The third kappa shape index (κ3) is 6.59. The summed E-state index contributed by atoms with van der Waals surface area (Å²) in [6.07, 6.45) is 7.86. The second-order valence-electron chi connectivity index (χ2n) is 13.1. The zero-order chi connectivity index (χ0) is 38.2. The molecule has 0 saturated heterocycles. The van der Waals surface area contributed by atoms with Gasteiger partial charge in [-0.05, 0) is 117 Å². The first-order valence-electron chi connectivity index (χ1n) is 17.6. The number of benzene rings is 4. The predicted molar refractivity (Wildman–Crippen MR) is 217 cm³/mol. The summed E-state index contributed by atoms with van der Waals surface area (Å²) in [6.45, 7) is 0. The van der Waals surface area contributed by atoms with Gasteiger partial charge >= 0.3 is 17.1 Å². The molecule has 264 valence electrons. The van der Waals surface area contributed by atoms with Crippen LogP contribution >= 0.6 is 0 Å². The Morgan fingerprint density at radius 3 is 0.719 bits per heavy atom. The van der Waals surface area contributed by atoms with E-state index in [0.717, 1.165) is 44.5 Å². The molecule has 5 heterocycles. The van der Waals surface area contributed by atoms with Crippen LogP contribution in [0.1, 0.15) is 45.0 Å². The molecule has 0 unspecified atom stereocenters. The number of hydrogen-bond donors (Lipinski definition) is 0. The van der Waals surface area contributed by atoms with Crippen molar-refractivity contribution in [3.05, 3.63) is 166 Å². The van der Waals surface area contributed by atoms with Gasteiger partial charge in [-0.3, -0.25) is 0 Å². The van der Waals surface area contributed by atoms with Gasteiger partial charge in [0.1, 0.15) is 0 Å². The molecule has 0 spiro atoms. The number of fused-ring (bicyclic) bond motifs is 8. The Labute approximate surface area is 338 Å². The van der Waals surface area contributed by atoms with Gasteiger partial charge < -0.3 is 9.97 Å². The molecule has 9 heteroatoms. The first-order chi connectivity index (χ1) is 27.5. The van der Waals surface area contributed by atoms with Gasteiger partial charge in [0, 0.05) is 0 Å². The largest absolute Gasteiger partial charge is 2.00 e. The standard InChI is InChI=1S/C48H24N8.Fe/c49-25-29-1-9-33(10-2-29)45-37-17-19-39(53-37)46(34-11-3-30(26-50)4-12-34)41-21-23-43(55-41)48(36-15-7-32(28-52)8-16-36)44-24-22-42(56-44)47(40-20-18-38(45)54-40)35-13-5-31(27-51)6-14-35;/h1-24H;/q-2;+2. The molecule has 2 aliphatic rings. The van der Waals surface area contributed by atoms with Crippen molar-refractivity contribution in [2.75, 3.05) is 0 Å². The molecule has 7 aromatic rings. The van der Waals surface area contributed by atoms with Crippen LogP contribution in [0.3, 0.4) is 0 Å². The first-order valence-corrected chi connectivity index (χ1v) is 17.6. The van der Waals surface area contributed by atoms with Gasteiger partial charge in [0.15, 0.2) is 0 Å². The quantitative estimate of drug-likeness (QED) is 0.161. The molecule has 3 aromatic heterocycles. The molecular weight excluding hydrogens is 744 g/mol. The summed E-state index contributed by atoms with van der Waals surface area (Å²) in [5, 5.41) is 38.3. The maximum absolute atomic E-state index is 9.57. The monoisotopic (exact) mass is 768 g/mol. The first kappa shape index (κ1) is 36.0. The molecule has 0 N–H and O–H groups in total. The summed E-state index contributed by atoms with van der Waals surface area (Å²) in [6, 6.07) is 46.2. The van der Waals surface area contributed by atoms with E-state index in [-0.39, 0.29) is 17.1 Å². The fraction of sp³-hybridized carbons (Fsp3) is 0. The molecular formula is C48H24FeN8. The molecule has 0 radical (unpaired) electrons. The summed E-state index contributed by atoms with van der Waals surface area (Å²) in [5.41, 5.74) is 14.0. The van der Waals surface area contributed by atoms with E-state index in [0.29, 0.717) is 67.1 Å². The van der Waals surface area contributed by atoms with Crippen molar-refractivity contribution in [3.8, 4) is 68.8 Å². The van der Waals surface area contributed by atoms with Crippen LogP contribution in [0.15, 0.2) is 121 Å². The number of nitriles is 4. The van der Waals surface area contributed by atoms with E-state index in [1.807, 2.05) is 97.1 Å². The zero-order valence-corrected chi connectivity index (χ0v) is 30.9. The van der Waals surface area contributed by atoms with Gasteiger partial charge in [0.05, 0.1) is 69.3 Å². The Hall–Kier alpha value is -8.04. The van der Waals surface area contributed by atoms with Gasteiger partial charge in [-0.25, -0.2) is 9.97 Å². The summed E-state index contributed by atoms with van der Waals surface area (Å²) in [7, 11) is 0. The Balaban J connectivity index is 0.00000455. The second-order valence-corrected chi connectivity index (χ2v) is 13.1. The molecule has 8 nitrogen and oxygen atoms in total.